The number of ether oxygens (including phenoxy) is 1. The van der Waals surface area contributed by atoms with Gasteiger partial charge in [0, 0.05) is 11.3 Å². The Morgan fingerprint density at radius 1 is 1.00 bits per heavy atom. The number of phenolic OH excluding ortho intramolecular Hbond substituents is 1. The number of anilines is 1. The lowest BCUT2D eigenvalue weighted by atomic mass is 9.90. The minimum absolute atomic E-state index is 0.0539. The van der Waals surface area contributed by atoms with Crippen molar-refractivity contribution < 1.29 is 14.6 Å². The number of nitrogen functional groups attached to an aromatic ring is 1. The topological polar surface area (TPSA) is 72.5 Å². The van der Waals surface area contributed by atoms with Crippen LogP contribution in [0.5, 0.6) is 11.5 Å². The molecule has 0 saturated heterocycles. The lowest BCUT2D eigenvalue weighted by Gasteiger charge is -2.23. The van der Waals surface area contributed by atoms with Crippen LogP contribution in [0.1, 0.15) is 80.4 Å². The molecule has 0 unspecified atom stereocenters. The molecule has 0 heterocycles. The van der Waals surface area contributed by atoms with Crippen molar-refractivity contribution >= 4 is 17.5 Å². The van der Waals surface area contributed by atoms with Crippen molar-refractivity contribution in [1.82, 2.24) is 0 Å². The van der Waals surface area contributed by atoms with Gasteiger partial charge in [0.05, 0.1) is 11.7 Å². The van der Waals surface area contributed by atoms with Gasteiger partial charge in [0.2, 0.25) is 0 Å². The Labute approximate surface area is 168 Å². The molecule has 0 spiro atoms. The van der Waals surface area contributed by atoms with Gasteiger partial charge >= 0.3 is 0 Å². The molecule has 3 N–H and O–H groups in total. The molecule has 0 radical (unpaired) electrons. The maximum atomic E-state index is 12.6. The Bertz CT molecular complexity index is 862. The molecule has 0 atom stereocenters. The van der Waals surface area contributed by atoms with Gasteiger partial charge in [0.25, 0.3) is 0 Å². The second-order valence-electron chi connectivity index (χ2n) is 7.94. The maximum absolute atomic E-state index is 12.6. The third-order valence-corrected chi connectivity index (χ3v) is 4.54. The van der Waals surface area contributed by atoms with Crippen molar-refractivity contribution in [3.05, 3.63) is 58.7 Å². The zero-order chi connectivity index (χ0) is 21.0. The van der Waals surface area contributed by atoms with Crippen molar-refractivity contribution in [3.8, 4) is 11.5 Å². The van der Waals surface area contributed by atoms with Crippen molar-refractivity contribution in [1.29, 1.82) is 0 Å². The molecule has 0 aliphatic carbocycles. The van der Waals surface area contributed by atoms with E-state index in [-0.39, 0.29) is 29.5 Å². The molecule has 4 nitrogen and oxygen atoms in total. The normalized spacial score (nSPS) is 11.8. The molecular weight excluding hydrogens is 350 g/mol. The third-order valence-electron chi connectivity index (χ3n) is 4.54. The van der Waals surface area contributed by atoms with Crippen LogP contribution < -0.4 is 10.5 Å². The van der Waals surface area contributed by atoms with Gasteiger partial charge in [-0.25, -0.2) is 0 Å². The largest absolute Gasteiger partial charge is 0.507 e. The minimum Gasteiger partial charge on any atom is -0.507 e. The highest BCUT2D eigenvalue weighted by atomic mass is 16.5. The van der Waals surface area contributed by atoms with E-state index >= 15 is 0 Å². The molecule has 2 aromatic carbocycles. The van der Waals surface area contributed by atoms with Crippen LogP contribution in [0.4, 0.5) is 5.69 Å². The number of nitrogens with two attached hydrogens (primary N) is 1. The minimum atomic E-state index is -0.157. The quantitative estimate of drug-likeness (QED) is 0.355. The summed E-state index contributed by atoms with van der Waals surface area (Å²) >= 11 is 0. The summed E-state index contributed by atoms with van der Waals surface area (Å²) in [7, 11) is 0. The van der Waals surface area contributed by atoms with Crippen molar-refractivity contribution in [2.24, 2.45) is 0 Å². The Balaban J connectivity index is 2.58. The highest BCUT2D eigenvalue weighted by molar-refractivity contribution is 6.07. The molecule has 4 heteroatoms. The number of carbonyl (C=O) groups excluding carboxylic acids is 1. The van der Waals surface area contributed by atoms with Gasteiger partial charge in [0.15, 0.2) is 5.78 Å². The van der Waals surface area contributed by atoms with Gasteiger partial charge in [-0.15, -0.1) is 0 Å². The number of carbonyl (C=O) groups is 1. The summed E-state index contributed by atoms with van der Waals surface area (Å²) in [6, 6.07) is 8.79. The summed E-state index contributed by atoms with van der Waals surface area (Å²) in [5.74, 6) is 0.998. The molecule has 0 aliphatic heterocycles. The lowest BCUT2D eigenvalue weighted by molar-refractivity contribution is 0.104. The summed E-state index contributed by atoms with van der Waals surface area (Å²) in [5, 5.41) is 10.9. The van der Waals surface area contributed by atoms with E-state index in [9.17, 15) is 9.90 Å². The number of phenols is 1. The van der Waals surface area contributed by atoms with E-state index in [1.165, 1.54) is 6.08 Å². The molecule has 28 heavy (non-hydrogen) atoms. The van der Waals surface area contributed by atoms with Crippen molar-refractivity contribution in [2.75, 3.05) is 5.73 Å². The van der Waals surface area contributed by atoms with Crippen molar-refractivity contribution in [3.63, 3.8) is 0 Å². The second-order valence-corrected chi connectivity index (χ2v) is 7.94. The molecule has 0 bridgehead atoms. The fourth-order valence-corrected chi connectivity index (χ4v) is 3.01. The first-order valence-electron chi connectivity index (χ1n) is 9.76. The van der Waals surface area contributed by atoms with E-state index < -0.39 is 0 Å². The van der Waals surface area contributed by atoms with E-state index in [2.05, 4.69) is 13.8 Å². The van der Waals surface area contributed by atoms with Crippen LogP contribution in [0.25, 0.3) is 6.08 Å². The number of aromatic hydroxyl groups is 1. The number of hydrogen-bond donors (Lipinski definition) is 2. The number of hydrogen-bond acceptors (Lipinski definition) is 4. The fourth-order valence-electron chi connectivity index (χ4n) is 3.01. The molecule has 2 rings (SSSR count). The Morgan fingerprint density at radius 3 is 2.07 bits per heavy atom. The average molecular weight is 382 g/mol. The summed E-state index contributed by atoms with van der Waals surface area (Å²) in [5.41, 5.74) is 9.26. The predicted molar refractivity (Wildman–Crippen MR) is 116 cm³/mol. The molecule has 0 aliphatic rings. The van der Waals surface area contributed by atoms with Crippen LogP contribution in [-0.2, 0) is 0 Å². The van der Waals surface area contributed by atoms with Crippen molar-refractivity contribution in [2.45, 2.75) is 59.5 Å². The molecule has 0 saturated carbocycles. The van der Waals surface area contributed by atoms with Crippen LogP contribution in [0, 0.1) is 0 Å². The highest BCUT2D eigenvalue weighted by Gasteiger charge is 2.21. The van der Waals surface area contributed by atoms with E-state index in [0.29, 0.717) is 22.6 Å². The number of rotatable bonds is 7. The summed E-state index contributed by atoms with van der Waals surface area (Å²) in [6.45, 7) is 12.2. The van der Waals surface area contributed by atoms with Crippen LogP contribution >= 0.6 is 0 Å². The van der Waals surface area contributed by atoms with E-state index in [1.54, 1.807) is 30.3 Å². The first kappa shape index (κ1) is 21.5. The van der Waals surface area contributed by atoms with Gasteiger partial charge in [-0.05, 0) is 79.3 Å². The zero-order valence-corrected chi connectivity index (χ0v) is 17.6. The van der Waals surface area contributed by atoms with Gasteiger partial charge in [-0.2, -0.15) is 0 Å². The fraction of sp³-hybridized carbons (Fsp3) is 0.375. The third kappa shape index (κ3) is 4.94. The Hall–Kier alpha value is -2.75. The number of ketones is 1. The molecule has 2 aromatic rings. The average Bonchev–Trinajstić information content (AvgIpc) is 2.60. The lowest BCUT2D eigenvalue weighted by Crippen LogP contribution is -2.11. The van der Waals surface area contributed by atoms with Gasteiger partial charge in [-0.3, -0.25) is 4.79 Å². The second kappa shape index (κ2) is 8.96. The Kier molecular flexibility index (Phi) is 6.90. The van der Waals surface area contributed by atoms with Gasteiger partial charge < -0.3 is 15.6 Å². The molecule has 0 fully saturated rings. The van der Waals surface area contributed by atoms with Crippen LogP contribution in [0.2, 0.25) is 0 Å². The maximum Gasteiger partial charge on any atom is 0.185 e. The first-order valence-corrected chi connectivity index (χ1v) is 9.76. The molecule has 150 valence electrons. The van der Waals surface area contributed by atoms with E-state index in [0.717, 1.165) is 11.1 Å². The van der Waals surface area contributed by atoms with Crippen LogP contribution in [0.3, 0.4) is 0 Å². The summed E-state index contributed by atoms with van der Waals surface area (Å²) in [6.07, 6.45) is 3.08. The summed E-state index contributed by atoms with van der Waals surface area (Å²) in [4.78, 5) is 12.6. The van der Waals surface area contributed by atoms with Crippen LogP contribution in [-0.4, -0.2) is 17.0 Å². The smallest absolute Gasteiger partial charge is 0.185 e. The SMILES string of the molecule is CC(C)Oc1c(C(C)C)cc(C(C)C)c(O)c1C=CC(=O)c1ccc(N)cc1. The standard InChI is InChI=1S/C24H31NO3/c1-14(2)20-13-21(15(3)4)24(28-16(5)6)19(23(20)27)11-12-22(26)17-7-9-18(25)10-8-17/h7-16,27H,25H2,1-6H3. The predicted octanol–water partition coefficient (Wildman–Crippen LogP) is 5.90. The first-order chi connectivity index (χ1) is 13.1. The molecule has 0 amide bonds. The van der Waals surface area contributed by atoms with Crippen LogP contribution in [0.15, 0.2) is 36.4 Å². The number of benzene rings is 2. The van der Waals surface area contributed by atoms with Gasteiger partial charge in [-0.1, -0.05) is 27.7 Å². The van der Waals surface area contributed by atoms with E-state index in [1.807, 2.05) is 33.8 Å². The monoisotopic (exact) mass is 381 g/mol. The Morgan fingerprint density at radius 2 is 1.57 bits per heavy atom. The van der Waals surface area contributed by atoms with E-state index in [4.69, 9.17) is 10.5 Å². The summed E-state index contributed by atoms with van der Waals surface area (Å²) < 4.78 is 6.07. The zero-order valence-electron chi connectivity index (χ0n) is 17.6. The number of allylic oxidation sites excluding steroid dienone is 1. The van der Waals surface area contributed by atoms with Gasteiger partial charge in [0.1, 0.15) is 11.5 Å². The highest BCUT2D eigenvalue weighted by Crippen LogP contribution is 2.42. The molecular formula is C24H31NO3. The molecule has 0 aromatic heterocycles.